The van der Waals surface area contributed by atoms with Gasteiger partial charge >= 0.3 is 6.03 Å². The third kappa shape index (κ3) is 4.14. The molecule has 2 aromatic heterocycles. The van der Waals surface area contributed by atoms with Crippen molar-refractivity contribution in [3.05, 3.63) is 34.3 Å². The summed E-state index contributed by atoms with van der Waals surface area (Å²) in [4.78, 5) is 22.9. The number of hydrogen-bond acceptors (Lipinski definition) is 4. The molecule has 0 aliphatic carbocycles. The van der Waals surface area contributed by atoms with E-state index in [4.69, 9.17) is 0 Å². The molecule has 0 spiro atoms. The second-order valence-corrected chi connectivity index (χ2v) is 7.36. The Morgan fingerprint density at radius 2 is 2.38 bits per heavy atom. The van der Waals surface area contributed by atoms with Crippen molar-refractivity contribution in [3.63, 3.8) is 0 Å². The van der Waals surface area contributed by atoms with Gasteiger partial charge in [-0.1, -0.05) is 6.92 Å². The zero-order chi connectivity index (χ0) is 16.9. The lowest BCUT2D eigenvalue weighted by molar-refractivity contribution is 0.206. The Labute approximate surface area is 146 Å². The van der Waals surface area contributed by atoms with Gasteiger partial charge in [0.05, 0.1) is 10.7 Å². The van der Waals surface area contributed by atoms with E-state index in [0.29, 0.717) is 13.1 Å². The number of thiazole rings is 1. The van der Waals surface area contributed by atoms with Crippen LogP contribution in [0.15, 0.2) is 17.8 Å². The number of aromatic nitrogens is 3. The first-order chi connectivity index (χ1) is 11.6. The van der Waals surface area contributed by atoms with E-state index in [2.05, 4.69) is 33.0 Å². The number of likely N-dealkylation sites (N-methyl/N-ethyl adjacent to an activating group) is 1. The van der Waals surface area contributed by atoms with Crippen LogP contribution in [0.3, 0.4) is 0 Å². The number of carbonyl (C=O) groups is 1. The summed E-state index contributed by atoms with van der Waals surface area (Å²) in [5.41, 5.74) is 1.08. The SMILES string of the molecule is C[C@@H](CN(C)C(=O)NCCc1cn2c(n1)CCCC2)c1nccs1. The van der Waals surface area contributed by atoms with E-state index in [0.717, 1.165) is 30.1 Å². The van der Waals surface area contributed by atoms with Gasteiger partial charge in [0.15, 0.2) is 0 Å². The number of aryl methyl sites for hydroxylation is 2. The molecule has 6 nitrogen and oxygen atoms in total. The lowest BCUT2D eigenvalue weighted by Gasteiger charge is -2.20. The smallest absolute Gasteiger partial charge is 0.317 e. The number of rotatable bonds is 6. The number of fused-ring (bicyclic) bond motifs is 1. The molecule has 0 unspecified atom stereocenters. The van der Waals surface area contributed by atoms with Gasteiger partial charge in [0.2, 0.25) is 0 Å². The summed E-state index contributed by atoms with van der Waals surface area (Å²) in [6.07, 6.45) is 8.26. The Hall–Kier alpha value is -1.89. The largest absolute Gasteiger partial charge is 0.338 e. The van der Waals surface area contributed by atoms with E-state index < -0.39 is 0 Å². The monoisotopic (exact) mass is 347 g/mol. The van der Waals surface area contributed by atoms with Crippen LogP contribution in [-0.4, -0.2) is 45.6 Å². The van der Waals surface area contributed by atoms with E-state index >= 15 is 0 Å². The molecule has 2 aromatic rings. The van der Waals surface area contributed by atoms with Crippen molar-refractivity contribution in [1.29, 1.82) is 0 Å². The van der Waals surface area contributed by atoms with Crippen LogP contribution in [0, 0.1) is 0 Å². The fraction of sp³-hybridized carbons (Fsp3) is 0.588. The summed E-state index contributed by atoms with van der Waals surface area (Å²) < 4.78 is 2.25. The molecule has 24 heavy (non-hydrogen) atoms. The normalized spacial score (nSPS) is 14.9. The number of hydrogen-bond donors (Lipinski definition) is 1. The maximum absolute atomic E-state index is 12.2. The summed E-state index contributed by atoms with van der Waals surface area (Å²) in [7, 11) is 1.83. The van der Waals surface area contributed by atoms with E-state index in [1.54, 1.807) is 22.4 Å². The zero-order valence-corrected chi connectivity index (χ0v) is 15.2. The Kier molecular flexibility index (Phi) is 5.50. The Bertz CT molecular complexity index is 643. The molecule has 0 bridgehead atoms. The van der Waals surface area contributed by atoms with Gasteiger partial charge in [-0.15, -0.1) is 11.3 Å². The van der Waals surface area contributed by atoms with Crippen LogP contribution in [0.5, 0.6) is 0 Å². The lowest BCUT2D eigenvalue weighted by Crippen LogP contribution is -2.40. The molecule has 0 fully saturated rings. The highest BCUT2D eigenvalue weighted by molar-refractivity contribution is 7.09. The van der Waals surface area contributed by atoms with Crippen molar-refractivity contribution in [3.8, 4) is 0 Å². The van der Waals surface area contributed by atoms with Crippen molar-refractivity contribution in [2.24, 2.45) is 0 Å². The lowest BCUT2D eigenvalue weighted by atomic mass is 10.2. The van der Waals surface area contributed by atoms with Gasteiger partial charge in [0, 0.05) is 63.2 Å². The summed E-state index contributed by atoms with van der Waals surface area (Å²) in [6.45, 7) is 4.45. The highest BCUT2D eigenvalue weighted by atomic mass is 32.1. The summed E-state index contributed by atoms with van der Waals surface area (Å²) in [5.74, 6) is 1.44. The van der Waals surface area contributed by atoms with Crippen molar-refractivity contribution < 1.29 is 4.79 Å². The number of urea groups is 1. The molecule has 1 aliphatic heterocycles. The number of carbonyl (C=O) groups excluding carboxylic acids is 1. The number of imidazole rings is 1. The first-order valence-corrected chi connectivity index (χ1v) is 9.44. The molecule has 0 radical (unpaired) electrons. The average Bonchev–Trinajstić information content (AvgIpc) is 3.23. The van der Waals surface area contributed by atoms with Crippen LogP contribution in [0.2, 0.25) is 0 Å². The second kappa shape index (κ2) is 7.79. The first-order valence-electron chi connectivity index (χ1n) is 8.56. The van der Waals surface area contributed by atoms with Crippen molar-refractivity contribution in [2.75, 3.05) is 20.1 Å². The summed E-state index contributed by atoms with van der Waals surface area (Å²) in [6, 6.07) is -0.0395. The Morgan fingerprint density at radius 1 is 1.50 bits per heavy atom. The highest BCUT2D eigenvalue weighted by Gasteiger charge is 2.16. The van der Waals surface area contributed by atoms with Crippen LogP contribution in [-0.2, 0) is 19.4 Å². The van der Waals surface area contributed by atoms with Crippen LogP contribution in [0.1, 0.15) is 42.2 Å². The molecular formula is C17H25N5OS. The van der Waals surface area contributed by atoms with Gasteiger partial charge in [-0.3, -0.25) is 0 Å². The van der Waals surface area contributed by atoms with Crippen molar-refractivity contribution in [1.82, 2.24) is 24.8 Å². The fourth-order valence-corrected chi connectivity index (χ4v) is 3.76. The van der Waals surface area contributed by atoms with Gasteiger partial charge in [-0.05, 0) is 12.8 Å². The zero-order valence-electron chi connectivity index (χ0n) is 14.4. The van der Waals surface area contributed by atoms with Crippen molar-refractivity contribution >= 4 is 17.4 Å². The Morgan fingerprint density at radius 3 is 3.12 bits per heavy atom. The molecule has 1 aliphatic rings. The molecule has 0 aromatic carbocycles. The van der Waals surface area contributed by atoms with Crippen LogP contribution >= 0.6 is 11.3 Å². The van der Waals surface area contributed by atoms with Crippen LogP contribution < -0.4 is 5.32 Å². The van der Waals surface area contributed by atoms with Crippen LogP contribution in [0.25, 0.3) is 0 Å². The molecule has 1 N–H and O–H groups in total. The third-order valence-electron chi connectivity index (χ3n) is 4.38. The van der Waals surface area contributed by atoms with Gasteiger partial charge in [0.25, 0.3) is 0 Å². The number of amides is 2. The minimum atomic E-state index is -0.0395. The maximum atomic E-state index is 12.2. The van der Waals surface area contributed by atoms with Gasteiger partial charge in [-0.2, -0.15) is 0 Å². The predicted molar refractivity (Wildman–Crippen MR) is 95.4 cm³/mol. The number of nitrogens with zero attached hydrogens (tertiary/aromatic N) is 4. The van der Waals surface area contributed by atoms with Crippen molar-refractivity contribution in [2.45, 2.75) is 45.1 Å². The third-order valence-corrected chi connectivity index (χ3v) is 5.39. The summed E-state index contributed by atoms with van der Waals surface area (Å²) in [5, 5.41) is 6.02. The topological polar surface area (TPSA) is 63.1 Å². The molecule has 0 saturated heterocycles. The minimum absolute atomic E-state index is 0.0395. The summed E-state index contributed by atoms with van der Waals surface area (Å²) >= 11 is 1.63. The minimum Gasteiger partial charge on any atom is -0.338 e. The molecule has 3 heterocycles. The Balaban J connectivity index is 1.42. The standard InChI is InChI=1S/C17H25N5OS/c1-13(16-18-8-10-24-16)11-21(2)17(23)19-7-6-14-12-22-9-4-3-5-15(22)20-14/h8,10,12-13H,3-7,9,11H2,1-2H3,(H,19,23)/t13-/m0/s1. The molecular weight excluding hydrogens is 322 g/mol. The van der Waals surface area contributed by atoms with E-state index in [-0.39, 0.29) is 11.9 Å². The van der Waals surface area contributed by atoms with Gasteiger partial charge in [-0.25, -0.2) is 14.8 Å². The van der Waals surface area contributed by atoms with Crippen LogP contribution in [0.4, 0.5) is 4.79 Å². The molecule has 2 amide bonds. The van der Waals surface area contributed by atoms with Gasteiger partial charge in [0.1, 0.15) is 5.82 Å². The molecule has 3 rings (SSSR count). The predicted octanol–water partition coefficient (Wildman–Crippen LogP) is 2.66. The molecule has 0 saturated carbocycles. The maximum Gasteiger partial charge on any atom is 0.317 e. The quantitative estimate of drug-likeness (QED) is 0.874. The van der Waals surface area contributed by atoms with E-state index in [1.165, 1.54) is 18.7 Å². The first kappa shape index (κ1) is 17.0. The highest BCUT2D eigenvalue weighted by Crippen LogP contribution is 2.18. The molecule has 7 heteroatoms. The number of nitrogens with one attached hydrogen (secondary N) is 1. The fourth-order valence-electron chi connectivity index (χ4n) is 3.07. The average molecular weight is 347 g/mol. The van der Waals surface area contributed by atoms with E-state index in [1.807, 2.05) is 12.4 Å². The second-order valence-electron chi connectivity index (χ2n) is 6.43. The molecule has 130 valence electrons. The van der Waals surface area contributed by atoms with Gasteiger partial charge < -0.3 is 14.8 Å². The van der Waals surface area contributed by atoms with E-state index in [9.17, 15) is 4.79 Å². The molecule has 1 atom stereocenters.